The maximum Gasteiger partial charge on any atom is 0.340 e. The van der Waals surface area contributed by atoms with E-state index in [2.05, 4.69) is 4.98 Å². The van der Waals surface area contributed by atoms with Crippen molar-refractivity contribution >= 4 is 11.6 Å². The number of rotatable bonds is 4. The molecule has 0 unspecified atom stereocenters. The molecule has 29 heavy (non-hydrogen) atoms. The van der Waals surface area contributed by atoms with E-state index in [1.807, 2.05) is 11.5 Å². The number of carbonyl (C=O) groups excluding carboxylic acids is 1. The average Bonchev–Trinajstić information content (AvgIpc) is 3.01. The fourth-order valence-electron chi connectivity index (χ4n) is 3.35. The molecule has 3 heterocycles. The van der Waals surface area contributed by atoms with Gasteiger partial charge in [0.2, 0.25) is 0 Å². The minimum Gasteiger partial charge on any atom is -0.456 e. The molecule has 0 N–H and O–H groups in total. The Bertz CT molecular complexity index is 1270. The molecule has 0 saturated heterocycles. The van der Waals surface area contributed by atoms with E-state index in [1.165, 1.54) is 22.6 Å². The molecule has 0 spiro atoms. The minimum absolute atomic E-state index is 0.111. The van der Waals surface area contributed by atoms with Crippen molar-refractivity contribution in [2.24, 2.45) is 0 Å². The highest BCUT2D eigenvalue weighted by Gasteiger charge is 2.18. The fourth-order valence-corrected chi connectivity index (χ4v) is 3.35. The van der Waals surface area contributed by atoms with Crippen LogP contribution in [0.5, 0.6) is 0 Å². The van der Waals surface area contributed by atoms with Gasteiger partial charge in [0.1, 0.15) is 18.1 Å². The lowest BCUT2D eigenvalue weighted by molar-refractivity contribution is 0.0467. The predicted molar refractivity (Wildman–Crippen MR) is 106 cm³/mol. The van der Waals surface area contributed by atoms with Gasteiger partial charge >= 0.3 is 5.97 Å². The van der Waals surface area contributed by atoms with E-state index in [-0.39, 0.29) is 18.0 Å². The summed E-state index contributed by atoms with van der Waals surface area (Å²) in [5.74, 6) is -0.837. The van der Waals surface area contributed by atoms with Crippen LogP contribution in [-0.2, 0) is 11.3 Å². The summed E-state index contributed by atoms with van der Waals surface area (Å²) in [5.41, 5.74) is 3.29. The van der Waals surface area contributed by atoms with Gasteiger partial charge in [0.15, 0.2) is 0 Å². The molecule has 0 aliphatic carbocycles. The quantitative estimate of drug-likeness (QED) is 0.499. The van der Waals surface area contributed by atoms with Crippen molar-refractivity contribution < 1.29 is 13.9 Å². The highest BCUT2D eigenvalue weighted by Crippen LogP contribution is 2.22. The third-order valence-corrected chi connectivity index (χ3v) is 4.71. The number of nitrogens with zero attached hydrogens (tertiary/aromatic N) is 3. The first-order valence-corrected chi connectivity index (χ1v) is 9.03. The molecule has 6 nitrogen and oxygen atoms in total. The van der Waals surface area contributed by atoms with Crippen LogP contribution < -0.4 is 5.56 Å². The number of halogens is 1. The number of hydrogen-bond acceptors (Lipinski definition) is 4. The number of esters is 1. The van der Waals surface area contributed by atoms with Crippen molar-refractivity contribution in [2.75, 3.05) is 0 Å². The van der Waals surface area contributed by atoms with Crippen LogP contribution in [0.3, 0.4) is 0 Å². The normalized spacial score (nSPS) is 11.0. The van der Waals surface area contributed by atoms with Gasteiger partial charge in [-0.15, -0.1) is 0 Å². The van der Waals surface area contributed by atoms with Crippen LogP contribution in [0.25, 0.3) is 11.3 Å². The van der Waals surface area contributed by atoms with Crippen LogP contribution in [-0.4, -0.2) is 19.9 Å². The first-order chi connectivity index (χ1) is 13.9. The van der Waals surface area contributed by atoms with Crippen LogP contribution in [0.15, 0.2) is 65.6 Å². The third-order valence-electron chi connectivity index (χ3n) is 4.71. The van der Waals surface area contributed by atoms with Gasteiger partial charge in [-0.25, -0.2) is 14.2 Å². The van der Waals surface area contributed by atoms with Crippen LogP contribution >= 0.6 is 0 Å². The van der Waals surface area contributed by atoms with Gasteiger partial charge in [0, 0.05) is 29.3 Å². The lowest BCUT2D eigenvalue weighted by atomic mass is 10.2. The minimum atomic E-state index is -0.512. The predicted octanol–water partition coefficient (Wildman–Crippen LogP) is 3.60. The van der Waals surface area contributed by atoms with E-state index in [4.69, 9.17) is 4.74 Å². The van der Waals surface area contributed by atoms with Crippen molar-refractivity contribution in [3.8, 4) is 5.69 Å². The summed E-state index contributed by atoms with van der Waals surface area (Å²) in [6.07, 6.45) is 1.63. The summed E-state index contributed by atoms with van der Waals surface area (Å²) in [6, 6.07) is 14.4. The zero-order chi connectivity index (χ0) is 20.5. The average molecular weight is 391 g/mol. The Morgan fingerprint density at radius 1 is 1.10 bits per heavy atom. The molecule has 0 amide bonds. The Morgan fingerprint density at radius 3 is 2.62 bits per heavy atom. The molecule has 0 bridgehead atoms. The molecule has 0 aliphatic rings. The van der Waals surface area contributed by atoms with Gasteiger partial charge < -0.3 is 9.30 Å². The smallest absolute Gasteiger partial charge is 0.340 e. The maximum absolute atomic E-state index is 13.2. The molecule has 0 aliphatic heterocycles. The molecule has 4 aromatic rings. The lowest BCUT2D eigenvalue weighted by Crippen LogP contribution is -2.16. The van der Waals surface area contributed by atoms with Crippen LogP contribution in [0, 0.1) is 19.7 Å². The Balaban J connectivity index is 1.57. The summed E-state index contributed by atoms with van der Waals surface area (Å²) < 4.78 is 21.9. The van der Waals surface area contributed by atoms with E-state index in [0.717, 1.165) is 11.4 Å². The molecule has 0 atom stereocenters. The second kappa shape index (κ2) is 7.35. The highest BCUT2D eigenvalue weighted by atomic mass is 19.1. The first kappa shape index (κ1) is 18.6. The van der Waals surface area contributed by atoms with Crippen LogP contribution in [0.4, 0.5) is 4.39 Å². The molecule has 0 radical (unpaired) electrons. The Hall–Kier alpha value is -3.74. The van der Waals surface area contributed by atoms with Crippen molar-refractivity contribution in [3.05, 3.63) is 99.6 Å². The van der Waals surface area contributed by atoms with Crippen LogP contribution in [0.1, 0.15) is 27.4 Å². The SMILES string of the molecule is Cc1cc(C(=O)OCc2cc(=O)n3ccccc3n2)c(C)n1-c1ccc(F)cc1. The summed E-state index contributed by atoms with van der Waals surface area (Å²) in [6.45, 7) is 3.55. The molecular weight excluding hydrogens is 373 g/mol. The molecule has 4 rings (SSSR count). The molecule has 3 aromatic heterocycles. The van der Waals surface area contributed by atoms with Crippen molar-refractivity contribution in [1.29, 1.82) is 0 Å². The topological polar surface area (TPSA) is 65.6 Å². The van der Waals surface area contributed by atoms with Gasteiger partial charge in [-0.05, 0) is 56.3 Å². The Labute approximate surface area is 165 Å². The maximum atomic E-state index is 13.2. The number of benzene rings is 1. The zero-order valence-corrected chi connectivity index (χ0v) is 15.9. The number of ether oxygens (including phenoxy) is 1. The first-order valence-electron chi connectivity index (χ1n) is 9.03. The Kier molecular flexibility index (Phi) is 4.72. The zero-order valence-electron chi connectivity index (χ0n) is 15.9. The summed E-state index contributed by atoms with van der Waals surface area (Å²) in [7, 11) is 0. The van der Waals surface area contributed by atoms with Gasteiger partial charge in [0.05, 0.1) is 11.3 Å². The second-order valence-corrected chi connectivity index (χ2v) is 6.69. The third kappa shape index (κ3) is 3.54. The summed E-state index contributed by atoms with van der Waals surface area (Å²) >= 11 is 0. The molecule has 1 aromatic carbocycles. The van der Waals surface area contributed by atoms with Gasteiger partial charge in [-0.1, -0.05) is 6.07 Å². The van der Waals surface area contributed by atoms with Crippen molar-refractivity contribution in [2.45, 2.75) is 20.5 Å². The van der Waals surface area contributed by atoms with E-state index < -0.39 is 5.97 Å². The van der Waals surface area contributed by atoms with Crippen LogP contribution in [0.2, 0.25) is 0 Å². The molecule has 146 valence electrons. The lowest BCUT2D eigenvalue weighted by Gasteiger charge is -2.10. The highest BCUT2D eigenvalue weighted by molar-refractivity contribution is 5.91. The molecule has 0 fully saturated rings. The van der Waals surface area contributed by atoms with Gasteiger partial charge in [0.25, 0.3) is 5.56 Å². The summed E-state index contributed by atoms with van der Waals surface area (Å²) in [4.78, 5) is 29.1. The number of carbonyl (C=O) groups is 1. The second-order valence-electron chi connectivity index (χ2n) is 6.69. The van der Waals surface area contributed by atoms with Gasteiger partial charge in [-0.2, -0.15) is 0 Å². The number of fused-ring (bicyclic) bond motifs is 1. The number of aromatic nitrogens is 3. The molecular formula is C22H18FN3O3. The molecule has 7 heteroatoms. The Morgan fingerprint density at radius 2 is 1.86 bits per heavy atom. The molecule has 0 saturated carbocycles. The number of aryl methyl sites for hydroxylation is 1. The van der Waals surface area contributed by atoms with E-state index in [0.29, 0.717) is 22.6 Å². The summed E-state index contributed by atoms with van der Waals surface area (Å²) in [5, 5.41) is 0. The van der Waals surface area contributed by atoms with Gasteiger partial charge in [-0.3, -0.25) is 9.20 Å². The largest absolute Gasteiger partial charge is 0.456 e. The van der Waals surface area contributed by atoms with Crippen molar-refractivity contribution in [3.63, 3.8) is 0 Å². The fraction of sp³-hybridized carbons (Fsp3) is 0.136. The van der Waals surface area contributed by atoms with E-state index in [9.17, 15) is 14.0 Å². The van der Waals surface area contributed by atoms with Crippen molar-refractivity contribution in [1.82, 2.24) is 14.0 Å². The van der Waals surface area contributed by atoms with E-state index in [1.54, 1.807) is 49.5 Å². The number of pyridine rings is 1. The number of hydrogen-bond donors (Lipinski definition) is 0. The standard InChI is InChI=1S/C22H18FN3O3/c1-14-11-19(15(2)26(14)18-8-6-16(23)7-9-18)22(28)29-13-17-12-21(27)25-10-4-3-5-20(25)24-17/h3-12H,13H2,1-2H3. The monoisotopic (exact) mass is 391 g/mol. The van der Waals surface area contributed by atoms with E-state index >= 15 is 0 Å².